The molecule has 1 aliphatic rings. The number of benzene rings is 1. The van der Waals surface area contributed by atoms with E-state index in [9.17, 15) is 4.39 Å². The molecule has 1 aromatic carbocycles. The first-order chi connectivity index (χ1) is 14.1. The van der Waals surface area contributed by atoms with Gasteiger partial charge in [-0.3, -0.25) is 9.80 Å². The molecule has 1 atom stereocenters. The molecular formula is C21H26FN5OS. The first-order valence-corrected chi connectivity index (χ1v) is 10.7. The number of piperidine rings is 1. The highest BCUT2D eigenvalue weighted by Crippen LogP contribution is 2.28. The van der Waals surface area contributed by atoms with E-state index in [1.54, 1.807) is 12.4 Å². The van der Waals surface area contributed by atoms with Crippen LogP contribution in [0.15, 0.2) is 57.4 Å². The third-order valence-electron chi connectivity index (χ3n) is 5.36. The van der Waals surface area contributed by atoms with Gasteiger partial charge in [0.1, 0.15) is 17.9 Å². The fourth-order valence-corrected chi connectivity index (χ4v) is 4.47. The van der Waals surface area contributed by atoms with Crippen molar-refractivity contribution in [2.24, 2.45) is 7.05 Å². The lowest BCUT2D eigenvalue weighted by atomic mass is 10.0. The molecule has 3 heterocycles. The molecule has 3 aromatic rings. The van der Waals surface area contributed by atoms with Crippen molar-refractivity contribution in [3.05, 3.63) is 59.9 Å². The minimum atomic E-state index is -0.119. The van der Waals surface area contributed by atoms with Crippen molar-refractivity contribution in [1.29, 1.82) is 0 Å². The Labute approximate surface area is 174 Å². The van der Waals surface area contributed by atoms with Crippen LogP contribution in [-0.2, 0) is 20.1 Å². The number of rotatable bonds is 7. The number of aromatic nitrogens is 3. The average molecular weight is 416 g/mol. The minimum Gasteiger partial charge on any atom is -0.453 e. The zero-order chi connectivity index (χ0) is 20.2. The summed E-state index contributed by atoms with van der Waals surface area (Å²) in [5.41, 5.74) is 0.771. The van der Waals surface area contributed by atoms with E-state index < -0.39 is 0 Å². The maximum absolute atomic E-state index is 14.0. The molecule has 4 rings (SSSR count). The van der Waals surface area contributed by atoms with Crippen LogP contribution < -0.4 is 0 Å². The van der Waals surface area contributed by atoms with Gasteiger partial charge in [0, 0.05) is 31.7 Å². The van der Waals surface area contributed by atoms with Crippen molar-refractivity contribution in [1.82, 2.24) is 24.6 Å². The summed E-state index contributed by atoms with van der Waals surface area (Å²) in [4.78, 5) is 4.68. The minimum absolute atomic E-state index is 0.119. The number of aryl methyl sites for hydroxylation is 1. The molecule has 0 spiro atoms. The Bertz CT molecular complexity index is 943. The van der Waals surface area contributed by atoms with Crippen LogP contribution in [0.25, 0.3) is 0 Å². The summed E-state index contributed by atoms with van der Waals surface area (Å²) >= 11 is 1.47. The van der Waals surface area contributed by atoms with Crippen LogP contribution in [0.4, 0.5) is 4.39 Å². The molecular weight excluding hydrogens is 389 g/mol. The Balaban J connectivity index is 1.33. The van der Waals surface area contributed by atoms with Crippen LogP contribution in [0.5, 0.6) is 0 Å². The van der Waals surface area contributed by atoms with Crippen molar-refractivity contribution in [3.8, 4) is 0 Å². The van der Waals surface area contributed by atoms with Gasteiger partial charge in [0.25, 0.3) is 0 Å². The van der Waals surface area contributed by atoms with E-state index in [1.807, 2.05) is 35.9 Å². The highest BCUT2D eigenvalue weighted by atomic mass is 32.2. The van der Waals surface area contributed by atoms with Crippen LogP contribution >= 0.6 is 11.8 Å². The fraction of sp³-hybridized carbons (Fsp3) is 0.429. The van der Waals surface area contributed by atoms with Crippen molar-refractivity contribution >= 4 is 11.8 Å². The van der Waals surface area contributed by atoms with Gasteiger partial charge in [-0.25, -0.2) is 4.39 Å². The van der Waals surface area contributed by atoms with Gasteiger partial charge in [-0.1, -0.05) is 18.2 Å². The Morgan fingerprint density at radius 2 is 2.14 bits per heavy atom. The van der Waals surface area contributed by atoms with Crippen LogP contribution in [-0.4, -0.2) is 50.7 Å². The molecule has 0 aliphatic carbocycles. The molecule has 154 valence electrons. The van der Waals surface area contributed by atoms with Crippen molar-refractivity contribution in [2.75, 3.05) is 20.1 Å². The first kappa shape index (κ1) is 20.1. The Kier molecular flexibility index (Phi) is 6.32. The number of furan rings is 1. The standard InChI is InChI=1S/C21H26FN5OS/c1-25(14-18-9-10-20(28-18)29-21-24-23-15-26(21)2)17-7-5-11-27(13-17)12-16-6-3-4-8-19(16)22/h3-4,6,8-10,15,17H,5,7,11-14H2,1-2H3. The number of likely N-dealkylation sites (tertiary alicyclic amines) is 1. The second kappa shape index (κ2) is 9.11. The zero-order valence-electron chi connectivity index (χ0n) is 16.8. The van der Waals surface area contributed by atoms with Gasteiger partial charge in [-0.2, -0.15) is 0 Å². The van der Waals surface area contributed by atoms with E-state index in [4.69, 9.17) is 4.42 Å². The van der Waals surface area contributed by atoms with Crippen LogP contribution in [0.2, 0.25) is 0 Å². The molecule has 0 radical (unpaired) electrons. The molecule has 0 bridgehead atoms. The van der Waals surface area contributed by atoms with Gasteiger partial charge in [0.2, 0.25) is 0 Å². The maximum Gasteiger partial charge on any atom is 0.198 e. The van der Waals surface area contributed by atoms with Gasteiger partial charge < -0.3 is 8.98 Å². The molecule has 0 saturated carbocycles. The monoisotopic (exact) mass is 415 g/mol. The van der Waals surface area contributed by atoms with Gasteiger partial charge in [0.05, 0.1) is 6.54 Å². The number of hydrogen-bond acceptors (Lipinski definition) is 6. The smallest absolute Gasteiger partial charge is 0.198 e. The van der Waals surface area contributed by atoms with E-state index in [0.717, 1.165) is 54.0 Å². The predicted molar refractivity (Wildman–Crippen MR) is 110 cm³/mol. The molecule has 1 unspecified atom stereocenters. The summed E-state index contributed by atoms with van der Waals surface area (Å²) in [6, 6.07) is 11.5. The van der Waals surface area contributed by atoms with E-state index in [2.05, 4.69) is 27.0 Å². The highest BCUT2D eigenvalue weighted by molar-refractivity contribution is 7.99. The molecule has 2 aromatic heterocycles. The van der Waals surface area contributed by atoms with Gasteiger partial charge in [-0.05, 0) is 56.4 Å². The Morgan fingerprint density at radius 3 is 2.93 bits per heavy atom. The second-order valence-electron chi connectivity index (χ2n) is 7.58. The summed E-state index contributed by atoms with van der Waals surface area (Å²) in [6.07, 6.45) is 3.94. The number of halogens is 1. The van der Waals surface area contributed by atoms with Gasteiger partial charge in [0.15, 0.2) is 10.2 Å². The largest absolute Gasteiger partial charge is 0.453 e. The molecule has 6 nitrogen and oxygen atoms in total. The number of hydrogen-bond donors (Lipinski definition) is 0. The Hall–Kier alpha value is -2.16. The van der Waals surface area contributed by atoms with E-state index in [0.29, 0.717) is 12.6 Å². The third-order valence-corrected chi connectivity index (χ3v) is 6.33. The SMILES string of the molecule is CN(Cc1ccc(Sc2nncn2C)o1)C1CCCN(Cc2ccccc2F)C1. The quantitative estimate of drug-likeness (QED) is 0.585. The topological polar surface area (TPSA) is 50.3 Å². The lowest BCUT2D eigenvalue weighted by molar-refractivity contribution is 0.101. The highest BCUT2D eigenvalue weighted by Gasteiger charge is 2.24. The Morgan fingerprint density at radius 1 is 1.28 bits per heavy atom. The average Bonchev–Trinajstić information content (AvgIpc) is 3.33. The maximum atomic E-state index is 14.0. The second-order valence-corrected chi connectivity index (χ2v) is 8.56. The fourth-order valence-electron chi connectivity index (χ4n) is 3.73. The van der Waals surface area contributed by atoms with Crippen molar-refractivity contribution in [2.45, 2.75) is 42.2 Å². The van der Waals surface area contributed by atoms with Crippen LogP contribution in [0, 0.1) is 5.82 Å². The summed E-state index contributed by atoms with van der Waals surface area (Å²) in [6.45, 7) is 3.36. The lowest BCUT2D eigenvalue weighted by Crippen LogP contribution is -2.45. The van der Waals surface area contributed by atoms with Crippen molar-refractivity contribution in [3.63, 3.8) is 0 Å². The molecule has 1 aliphatic heterocycles. The summed E-state index contributed by atoms with van der Waals surface area (Å²) in [5.74, 6) is 0.815. The number of nitrogens with zero attached hydrogens (tertiary/aromatic N) is 5. The molecule has 1 saturated heterocycles. The van der Waals surface area contributed by atoms with Crippen LogP contribution in [0.3, 0.4) is 0 Å². The normalized spacial score (nSPS) is 17.9. The summed E-state index contributed by atoms with van der Waals surface area (Å²) < 4.78 is 21.8. The molecule has 0 amide bonds. The van der Waals surface area contributed by atoms with Crippen molar-refractivity contribution < 1.29 is 8.81 Å². The van der Waals surface area contributed by atoms with Crippen LogP contribution in [0.1, 0.15) is 24.2 Å². The molecule has 29 heavy (non-hydrogen) atoms. The predicted octanol–water partition coefficient (Wildman–Crippen LogP) is 3.79. The van der Waals surface area contributed by atoms with Gasteiger partial charge >= 0.3 is 0 Å². The first-order valence-electron chi connectivity index (χ1n) is 9.85. The molecule has 1 fully saturated rings. The summed E-state index contributed by atoms with van der Waals surface area (Å²) in [7, 11) is 4.05. The molecule has 8 heteroatoms. The third kappa shape index (κ3) is 5.07. The zero-order valence-corrected chi connectivity index (χ0v) is 17.6. The van der Waals surface area contributed by atoms with E-state index in [-0.39, 0.29) is 5.82 Å². The molecule has 0 N–H and O–H groups in total. The lowest BCUT2D eigenvalue weighted by Gasteiger charge is -2.37. The van der Waals surface area contributed by atoms with Gasteiger partial charge in [-0.15, -0.1) is 10.2 Å². The summed E-state index contributed by atoms with van der Waals surface area (Å²) in [5, 5.41) is 9.58. The van der Waals surface area contributed by atoms with E-state index >= 15 is 0 Å². The van der Waals surface area contributed by atoms with E-state index in [1.165, 1.54) is 17.8 Å². The number of likely N-dealkylation sites (N-methyl/N-ethyl adjacent to an activating group) is 1.